The summed E-state index contributed by atoms with van der Waals surface area (Å²) in [6.45, 7) is 2.65. The summed E-state index contributed by atoms with van der Waals surface area (Å²) in [5, 5.41) is 12.0. The van der Waals surface area contributed by atoms with Gasteiger partial charge < -0.3 is 10.4 Å². The molecule has 5 heteroatoms. The third-order valence-corrected chi connectivity index (χ3v) is 4.05. The molecule has 2 rings (SSSR count). The van der Waals surface area contributed by atoms with Gasteiger partial charge in [0, 0.05) is 12.1 Å². The van der Waals surface area contributed by atoms with E-state index in [0.717, 1.165) is 17.7 Å². The van der Waals surface area contributed by atoms with E-state index >= 15 is 0 Å². The molecule has 1 amide bonds. The number of nitrogens with one attached hydrogen (secondary N) is 1. The van der Waals surface area contributed by atoms with Gasteiger partial charge in [-0.05, 0) is 36.9 Å². The summed E-state index contributed by atoms with van der Waals surface area (Å²) in [5.74, 6) is -0.555. The van der Waals surface area contributed by atoms with Crippen LogP contribution in [0, 0.1) is 5.82 Å². The van der Waals surface area contributed by atoms with Crippen molar-refractivity contribution in [2.75, 3.05) is 13.6 Å². The SMILES string of the molecule is CCN(C)C(C(=O)NCc1ccc(F)c(CO)c1)c1ccccc1. The van der Waals surface area contributed by atoms with Gasteiger partial charge in [0.05, 0.1) is 6.61 Å². The van der Waals surface area contributed by atoms with E-state index in [1.165, 1.54) is 6.07 Å². The van der Waals surface area contributed by atoms with Gasteiger partial charge in [-0.25, -0.2) is 4.39 Å². The molecular formula is C19H23FN2O2. The number of carbonyl (C=O) groups is 1. The van der Waals surface area contributed by atoms with Gasteiger partial charge in [0.1, 0.15) is 11.9 Å². The number of hydrogen-bond acceptors (Lipinski definition) is 3. The van der Waals surface area contributed by atoms with Crippen molar-refractivity contribution in [1.29, 1.82) is 0 Å². The van der Waals surface area contributed by atoms with Crippen molar-refractivity contribution < 1.29 is 14.3 Å². The third-order valence-electron chi connectivity index (χ3n) is 4.05. The standard InChI is InChI=1S/C19H23FN2O2/c1-3-22(2)18(15-7-5-4-6-8-15)19(24)21-12-14-9-10-17(20)16(11-14)13-23/h4-11,18,23H,3,12-13H2,1-2H3,(H,21,24). The first kappa shape index (κ1) is 18.1. The smallest absolute Gasteiger partial charge is 0.242 e. The molecule has 24 heavy (non-hydrogen) atoms. The minimum Gasteiger partial charge on any atom is -0.392 e. The van der Waals surface area contributed by atoms with Gasteiger partial charge in [-0.15, -0.1) is 0 Å². The summed E-state index contributed by atoms with van der Waals surface area (Å²) >= 11 is 0. The van der Waals surface area contributed by atoms with Gasteiger partial charge in [0.15, 0.2) is 0 Å². The second-order valence-electron chi connectivity index (χ2n) is 5.69. The highest BCUT2D eigenvalue weighted by molar-refractivity contribution is 5.83. The van der Waals surface area contributed by atoms with E-state index in [1.54, 1.807) is 12.1 Å². The lowest BCUT2D eigenvalue weighted by Crippen LogP contribution is -2.38. The zero-order valence-electron chi connectivity index (χ0n) is 14.0. The molecule has 2 aromatic carbocycles. The zero-order valence-corrected chi connectivity index (χ0v) is 14.0. The van der Waals surface area contributed by atoms with E-state index in [2.05, 4.69) is 5.32 Å². The first-order valence-electron chi connectivity index (χ1n) is 7.97. The van der Waals surface area contributed by atoms with Gasteiger partial charge in [-0.1, -0.05) is 43.3 Å². The highest BCUT2D eigenvalue weighted by atomic mass is 19.1. The summed E-state index contributed by atoms with van der Waals surface area (Å²) < 4.78 is 13.4. The number of aliphatic hydroxyl groups excluding tert-OH is 1. The molecule has 0 radical (unpaired) electrons. The molecule has 0 saturated heterocycles. The number of hydrogen-bond donors (Lipinski definition) is 2. The van der Waals surface area contributed by atoms with Crippen molar-refractivity contribution in [3.05, 3.63) is 71.0 Å². The molecule has 0 bridgehead atoms. The molecule has 0 saturated carbocycles. The molecule has 2 N–H and O–H groups in total. The lowest BCUT2D eigenvalue weighted by atomic mass is 10.0. The van der Waals surface area contributed by atoms with Crippen molar-refractivity contribution in [2.24, 2.45) is 0 Å². The monoisotopic (exact) mass is 330 g/mol. The molecule has 0 heterocycles. The number of rotatable bonds is 7. The van der Waals surface area contributed by atoms with Crippen molar-refractivity contribution in [3.63, 3.8) is 0 Å². The van der Waals surface area contributed by atoms with Crippen molar-refractivity contribution >= 4 is 5.91 Å². The van der Waals surface area contributed by atoms with Crippen LogP contribution in [0.1, 0.15) is 29.7 Å². The quantitative estimate of drug-likeness (QED) is 0.820. The summed E-state index contributed by atoms with van der Waals surface area (Å²) in [5.41, 5.74) is 1.90. The summed E-state index contributed by atoms with van der Waals surface area (Å²) in [7, 11) is 1.90. The molecule has 0 spiro atoms. The Balaban J connectivity index is 2.11. The Morgan fingerprint density at radius 2 is 1.96 bits per heavy atom. The van der Waals surface area contributed by atoms with Crippen LogP contribution in [0.3, 0.4) is 0 Å². The largest absolute Gasteiger partial charge is 0.392 e. The van der Waals surface area contributed by atoms with Gasteiger partial charge in [0.25, 0.3) is 0 Å². The van der Waals surface area contributed by atoms with E-state index in [4.69, 9.17) is 5.11 Å². The molecule has 4 nitrogen and oxygen atoms in total. The second kappa shape index (κ2) is 8.57. The highest BCUT2D eigenvalue weighted by Gasteiger charge is 2.23. The van der Waals surface area contributed by atoms with Crippen LogP contribution in [0.5, 0.6) is 0 Å². The van der Waals surface area contributed by atoms with Gasteiger partial charge in [-0.2, -0.15) is 0 Å². The van der Waals surface area contributed by atoms with Gasteiger partial charge in [-0.3, -0.25) is 9.69 Å². The lowest BCUT2D eigenvalue weighted by Gasteiger charge is -2.26. The Kier molecular flexibility index (Phi) is 6.46. The van der Waals surface area contributed by atoms with E-state index in [-0.39, 0.29) is 30.7 Å². The van der Waals surface area contributed by atoms with Crippen LogP contribution in [-0.4, -0.2) is 29.5 Å². The zero-order chi connectivity index (χ0) is 17.5. The molecule has 1 atom stereocenters. The fraction of sp³-hybridized carbons (Fsp3) is 0.316. The van der Waals surface area contributed by atoms with Crippen molar-refractivity contribution in [1.82, 2.24) is 10.2 Å². The Morgan fingerprint density at radius 1 is 1.25 bits per heavy atom. The van der Waals surface area contributed by atoms with Gasteiger partial charge >= 0.3 is 0 Å². The number of halogens is 1. The van der Waals surface area contributed by atoms with E-state index in [0.29, 0.717) is 0 Å². The fourth-order valence-corrected chi connectivity index (χ4v) is 2.57. The molecule has 0 fully saturated rings. The van der Waals surface area contributed by atoms with Crippen LogP contribution in [0.4, 0.5) is 4.39 Å². The molecular weight excluding hydrogens is 307 g/mol. The minimum absolute atomic E-state index is 0.111. The first-order valence-corrected chi connectivity index (χ1v) is 7.97. The molecule has 1 unspecified atom stereocenters. The molecule has 0 aliphatic rings. The summed E-state index contributed by atoms with van der Waals surface area (Å²) in [4.78, 5) is 14.6. The predicted octanol–water partition coefficient (Wildman–Crippen LogP) is 2.63. The lowest BCUT2D eigenvalue weighted by molar-refractivity contribution is -0.126. The fourth-order valence-electron chi connectivity index (χ4n) is 2.57. The summed E-state index contributed by atoms with van der Waals surface area (Å²) in [6.07, 6.45) is 0. The van der Waals surface area contributed by atoms with Gasteiger partial charge in [0.2, 0.25) is 5.91 Å². The van der Waals surface area contributed by atoms with Crippen molar-refractivity contribution in [3.8, 4) is 0 Å². The van der Waals surface area contributed by atoms with E-state index in [9.17, 15) is 9.18 Å². The topological polar surface area (TPSA) is 52.6 Å². The number of likely N-dealkylation sites (N-methyl/N-ethyl adjacent to an activating group) is 1. The second-order valence-corrected chi connectivity index (χ2v) is 5.69. The van der Waals surface area contributed by atoms with Crippen LogP contribution >= 0.6 is 0 Å². The average molecular weight is 330 g/mol. The Morgan fingerprint density at radius 3 is 2.58 bits per heavy atom. The first-order chi connectivity index (χ1) is 11.6. The normalized spacial score (nSPS) is 12.2. The van der Waals surface area contributed by atoms with E-state index in [1.807, 2.05) is 49.2 Å². The minimum atomic E-state index is -0.444. The predicted molar refractivity (Wildman–Crippen MR) is 91.7 cm³/mol. The number of nitrogens with zero attached hydrogens (tertiary/aromatic N) is 1. The van der Waals surface area contributed by atoms with Crippen LogP contribution in [-0.2, 0) is 17.9 Å². The highest BCUT2D eigenvalue weighted by Crippen LogP contribution is 2.19. The van der Waals surface area contributed by atoms with E-state index < -0.39 is 5.82 Å². The number of amides is 1. The number of aliphatic hydroxyl groups is 1. The molecule has 0 aliphatic heterocycles. The Hall–Kier alpha value is -2.24. The maximum Gasteiger partial charge on any atom is 0.242 e. The maximum atomic E-state index is 13.4. The molecule has 2 aromatic rings. The van der Waals surface area contributed by atoms with Crippen LogP contribution in [0.15, 0.2) is 48.5 Å². The average Bonchev–Trinajstić information content (AvgIpc) is 2.62. The van der Waals surface area contributed by atoms with Crippen LogP contribution < -0.4 is 5.32 Å². The van der Waals surface area contributed by atoms with Crippen LogP contribution in [0.2, 0.25) is 0 Å². The Bertz CT molecular complexity index is 676. The number of benzene rings is 2. The maximum absolute atomic E-state index is 13.4. The summed E-state index contributed by atoms with van der Waals surface area (Å²) in [6, 6.07) is 13.7. The molecule has 0 aromatic heterocycles. The number of carbonyl (C=O) groups excluding carboxylic acids is 1. The van der Waals surface area contributed by atoms with Crippen molar-refractivity contribution in [2.45, 2.75) is 26.1 Å². The van der Waals surface area contributed by atoms with Crippen LogP contribution in [0.25, 0.3) is 0 Å². The molecule has 0 aliphatic carbocycles. The third kappa shape index (κ3) is 4.40. The molecule has 128 valence electrons. The Labute approximate surface area is 141 Å².